The number of rotatable bonds is 1. The van der Waals surface area contributed by atoms with Gasteiger partial charge in [-0.2, -0.15) is 5.26 Å². The van der Waals surface area contributed by atoms with Gasteiger partial charge in [0, 0.05) is 7.11 Å². The first kappa shape index (κ1) is 9.41. The minimum absolute atomic E-state index is 0.625. The number of nitriles is 1. The maximum atomic E-state index is 8.24. The van der Waals surface area contributed by atoms with Gasteiger partial charge in [0.2, 0.25) is 0 Å². The summed E-state index contributed by atoms with van der Waals surface area (Å²) in [5, 5.41) is 15.2. The molecular formula is C7H14N2O. The van der Waals surface area contributed by atoms with E-state index in [0.29, 0.717) is 6.54 Å². The third-order valence-electron chi connectivity index (χ3n) is 1.49. The van der Waals surface area contributed by atoms with E-state index in [1.54, 1.807) is 0 Å². The lowest BCUT2D eigenvalue weighted by Crippen LogP contribution is -2.18. The van der Waals surface area contributed by atoms with Crippen molar-refractivity contribution in [2.24, 2.45) is 0 Å². The van der Waals surface area contributed by atoms with Crippen LogP contribution in [-0.4, -0.2) is 36.8 Å². The minimum atomic E-state index is 0.625. The molecule has 3 heteroatoms. The largest absolute Gasteiger partial charge is 0.400 e. The van der Waals surface area contributed by atoms with E-state index in [0.717, 1.165) is 20.2 Å². The standard InChI is InChI=1S/C6H10N2.CH4O/c7-3-6-8-4-1-2-5-8;1-2/h1-2,4-6H2;2H,1H3. The van der Waals surface area contributed by atoms with Crippen LogP contribution in [0.1, 0.15) is 12.8 Å². The van der Waals surface area contributed by atoms with Crippen LogP contribution in [0.5, 0.6) is 0 Å². The summed E-state index contributed by atoms with van der Waals surface area (Å²) in [6.07, 6.45) is 2.56. The molecule has 0 bridgehead atoms. The molecule has 0 atom stereocenters. The first-order valence-corrected chi connectivity index (χ1v) is 3.47. The van der Waals surface area contributed by atoms with Crippen molar-refractivity contribution in [3.63, 3.8) is 0 Å². The first-order valence-electron chi connectivity index (χ1n) is 3.47. The van der Waals surface area contributed by atoms with Crippen molar-refractivity contribution in [1.29, 1.82) is 5.26 Å². The molecule has 0 aromatic carbocycles. The van der Waals surface area contributed by atoms with E-state index >= 15 is 0 Å². The van der Waals surface area contributed by atoms with Gasteiger partial charge in [0.1, 0.15) is 0 Å². The maximum absolute atomic E-state index is 8.24. The van der Waals surface area contributed by atoms with Crippen molar-refractivity contribution in [3.05, 3.63) is 0 Å². The zero-order valence-electron chi connectivity index (χ0n) is 6.38. The number of aliphatic hydroxyl groups excluding tert-OH is 1. The highest BCUT2D eigenvalue weighted by Crippen LogP contribution is 2.04. The molecule has 0 aliphatic carbocycles. The summed E-state index contributed by atoms with van der Waals surface area (Å²) < 4.78 is 0. The summed E-state index contributed by atoms with van der Waals surface area (Å²) in [5.74, 6) is 0. The lowest BCUT2D eigenvalue weighted by Gasteiger charge is -2.06. The molecule has 0 unspecified atom stereocenters. The molecular weight excluding hydrogens is 128 g/mol. The van der Waals surface area contributed by atoms with Gasteiger partial charge >= 0.3 is 0 Å². The molecule has 0 spiro atoms. The number of nitrogens with zero attached hydrogens (tertiary/aromatic N) is 2. The fourth-order valence-corrected chi connectivity index (χ4v) is 1.04. The van der Waals surface area contributed by atoms with Gasteiger partial charge in [-0.05, 0) is 25.9 Å². The van der Waals surface area contributed by atoms with Crippen molar-refractivity contribution >= 4 is 0 Å². The van der Waals surface area contributed by atoms with E-state index in [9.17, 15) is 0 Å². The molecule has 1 fully saturated rings. The van der Waals surface area contributed by atoms with E-state index in [1.807, 2.05) is 0 Å². The quantitative estimate of drug-likeness (QED) is 0.532. The van der Waals surface area contributed by atoms with Crippen LogP contribution < -0.4 is 0 Å². The summed E-state index contributed by atoms with van der Waals surface area (Å²) in [5.41, 5.74) is 0. The van der Waals surface area contributed by atoms with Crippen molar-refractivity contribution in [2.75, 3.05) is 26.7 Å². The Morgan fingerprint density at radius 3 is 2.30 bits per heavy atom. The molecule has 1 saturated heterocycles. The van der Waals surface area contributed by atoms with Gasteiger partial charge < -0.3 is 5.11 Å². The summed E-state index contributed by atoms with van der Waals surface area (Å²) in [6, 6.07) is 2.14. The van der Waals surface area contributed by atoms with Gasteiger partial charge in [0.15, 0.2) is 0 Å². The van der Waals surface area contributed by atoms with Gasteiger partial charge in [-0.25, -0.2) is 0 Å². The zero-order chi connectivity index (χ0) is 7.82. The molecule has 0 radical (unpaired) electrons. The van der Waals surface area contributed by atoms with Crippen molar-refractivity contribution in [1.82, 2.24) is 4.90 Å². The molecule has 0 aromatic rings. The zero-order valence-corrected chi connectivity index (χ0v) is 6.38. The van der Waals surface area contributed by atoms with Crippen LogP contribution >= 0.6 is 0 Å². The smallest absolute Gasteiger partial charge is 0.0865 e. The molecule has 1 N–H and O–H groups in total. The summed E-state index contributed by atoms with van der Waals surface area (Å²) >= 11 is 0. The monoisotopic (exact) mass is 142 g/mol. The topological polar surface area (TPSA) is 47.3 Å². The second-order valence-corrected chi connectivity index (χ2v) is 2.14. The van der Waals surface area contributed by atoms with Crippen LogP contribution in [0.25, 0.3) is 0 Å². The molecule has 1 aliphatic rings. The average Bonchev–Trinajstić information content (AvgIpc) is 2.46. The number of hydrogen-bond donors (Lipinski definition) is 1. The molecule has 1 heterocycles. The number of hydrogen-bond acceptors (Lipinski definition) is 3. The Balaban J connectivity index is 0.000000371. The fraction of sp³-hybridized carbons (Fsp3) is 0.857. The molecule has 0 saturated carbocycles. The lowest BCUT2D eigenvalue weighted by molar-refractivity contribution is 0.381. The van der Waals surface area contributed by atoms with Crippen LogP contribution in [0.3, 0.4) is 0 Å². The van der Waals surface area contributed by atoms with E-state index in [1.165, 1.54) is 12.8 Å². The van der Waals surface area contributed by atoms with E-state index in [-0.39, 0.29) is 0 Å². The predicted molar refractivity (Wildman–Crippen MR) is 39.4 cm³/mol. The van der Waals surface area contributed by atoms with Crippen molar-refractivity contribution < 1.29 is 5.11 Å². The molecule has 10 heavy (non-hydrogen) atoms. The van der Waals surface area contributed by atoms with Crippen LogP contribution in [0.15, 0.2) is 0 Å². The normalized spacial score (nSPS) is 17.3. The third kappa shape index (κ3) is 3.44. The SMILES string of the molecule is CO.N#CCN1CCCC1. The van der Waals surface area contributed by atoms with Crippen LogP contribution in [-0.2, 0) is 0 Å². The Bertz CT molecular complexity index is 103. The molecule has 1 rings (SSSR count). The van der Waals surface area contributed by atoms with Gasteiger partial charge in [0.05, 0.1) is 12.6 Å². The molecule has 0 aromatic heterocycles. The highest BCUT2D eigenvalue weighted by atomic mass is 16.2. The van der Waals surface area contributed by atoms with Crippen LogP contribution in [0.2, 0.25) is 0 Å². The number of aliphatic hydroxyl groups is 1. The Labute approximate surface area is 61.9 Å². The highest BCUT2D eigenvalue weighted by Gasteiger charge is 2.08. The number of likely N-dealkylation sites (tertiary alicyclic amines) is 1. The fourth-order valence-electron chi connectivity index (χ4n) is 1.04. The molecule has 0 amide bonds. The Morgan fingerprint density at radius 1 is 1.40 bits per heavy atom. The summed E-state index contributed by atoms with van der Waals surface area (Å²) in [4.78, 5) is 2.18. The van der Waals surface area contributed by atoms with Gasteiger partial charge in [-0.1, -0.05) is 0 Å². The van der Waals surface area contributed by atoms with Crippen molar-refractivity contribution in [2.45, 2.75) is 12.8 Å². The minimum Gasteiger partial charge on any atom is -0.400 e. The van der Waals surface area contributed by atoms with E-state index < -0.39 is 0 Å². The predicted octanol–water partition coefficient (Wildman–Crippen LogP) is 0.214. The van der Waals surface area contributed by atoms with E-state index in [4.69, 9.17) is 10.4 Å². The van der Waals surface area contributed by atoms with Gasteiger partial charge in [-0.15, -0.1) is 0 Å². The second kappa shape index (κ2) is 6.53. The van der Waals surface area contributed by atoms with Gasteiger partial charge in [0.25, 0.3) is 0 Å². The highest BCUT2D eigenvalue weighted by molar-refractivity contribution is 4.78. The third-order valence-corrected chi connectivity index (χ3v) is 1.49. The second-order valence-electron chi connectivity index (χ2n) is 2.14. The molecule has 3 nitrogen and oxygen atoms in total. The average molecular weight is 142 g/mol. The van der Waals surface area contributed by atoms with Crippen LogP contribution in [0.4, 0.5) is 0 Å². The summed E-state index contributed by atoms with van der Waals surface area (Å²) in [7, 11) is 1.00. The Hall–Kier alpha value is -0.590. The molecule has 58 valence electrons. The Kier molecular flexibility index (Phi) is 6.14. The first-order chi connectivity index (χ1) is 4.93. The Morgan fingerprint density at radius 2 is 1.90 bits per heavy atom. The summed E-state index contributed by atoms with van der Waals surface area (Å²) in [6.45, 7) is 2.89. The van der Waals surface area contributed by atoms with E-state index in [2.05, 4.69) is 11.0 Å². The van der Waals surface area contributed by atoms with Gasteiger partial charge in [-0.3, -0.25) is 4.90 Å². The lowest BCUT2D eigenvalue weighted by atomic mass is 10.4. The van der Waals surface area contributed by atoms with Crippen LogP contribution in [0, 0.1) is 11.3 Å². The maximum Gasteiger partial charge on any atom is 0.0865 e. The van der Waals surface area contributed by atoms with Crippen molar-refractivity contribution in [3.8, 4) is 6.07 Å². The molecule has 1 aliphatic heterocycles.